The molecule has 0 unspecified atom stereocenters. The Kier molecular flexibility index (Phi) is 6.84. The third-order valence-electron chi connectivity index (χ3n) is 4.47. The predicted octanol–water partition coefficient (Wildman–Crippen LogP) is 4.19. The number of hydrogen-bond donors (Lipinski definition) is 3. The van der Waals surface area contributed by atoms with Gasteiger partial charge in [0.15, 0.2) is 6.61 Å². The summed E-state index contributed by atoms with van der Waals surface area (Å²) in [4.78, 5) is 22.4. The summed E-state index contributed by atoms with van der Waals surface area (Å²) < 4.78 is 45.8. The third kappa shape index (κ3) is 5.88. The lowest BCUT2D eigenvalue weighted by Gasteiger charge is -2.14. The van der Waals surface area contributed by atoms with Crippen LogP contribution in [0.4, 0.5) is 13.2 Å². The Hall–Kier alpha value is -3.79. The fraction of sp³-hybridized carbons (Fsp3) is 0.182. The van der Waals surface area contributed by atoms with E-state index >= 15 is 0 Å². The highest BCUT2D eigenvalue weighted by molar-refractivity contribution is 6.01. The minimum atomic E-state index is -4.75. The van der Waals surface area contributed by atoms with Crippen molar-refractivity contribution in [3.63, 3.8) is 0 Å². The zero-order chi connectivity index (χ0) is 23.3. The van der Waals surface area contributed by atoms with E-state index in [2.05, 4.69) is 10.1 Å². The molecule has 0 amide bonds. The van der Waals surface area contributed by atoms with Crippen LogP contribution in [0.25, 0.3) is 10.8 Å². The first kappa shape index (κ1) is 22.9. The molecule has 32 heavy (non-hydrogen) atoms. The van der Waals surface area contributed by atoms with E-state index in [-0.39, 0.29) is 17.1 Å². The molecule has 3 aromatic carbocycles. The molecule has 0 saturated carbocycles. The number of rotatable bonds is 9. The normalized spacial score (nSPS) is 11.3. The maximum absolute atomic E-state index is 12.2. The molecule has 0 aliphatic heterocycles. The van der Waals surface area contributed by atoms with E-state index in [1.54, 1.807) is 18.2 Å². The Balaban J connectivity index is 1.76. The highest BCUT2D eigenvalue weighted by Crippen LogP contribution is 2.32. The molecule has 3 N–H and O–H groups in total. The molecule has 0 atom stereocenters. The van der Waals surface area contributed by atoms with Crippen molar-refractivity contribution in [1.82, 2.24) is 5.32 Å². The SMILES string of the molecule is O=C(O)COc1c(C(=O)O)ccc2c(CNCc3ccc(OC(F)(F)F)cc3)cccc12. The van der Waals surface area contributed by atoms with E-state index in [9.17, 15) is 27.9 Å². The van der Waals surface area contributed by atoms with Gasteiger partial charge in [-0.3, -0.25) is 0 Å². The first-order valence-electron chi connectivity index (χ1n) is 9.32. The van der Waals surface area contributed by atoms with E-state index in [0.717, 1.165) is 11.1 Å². The number of aromatic carboxylic acids is 1. The van der Waals surface area contributed by atoms with Crippen LogP contribution in [0, 0.1) is 0 Å². The largest absolute Gasteiger partial charge is 0.573 e. The molecule has 10 heteroatoms. The number of fused-ring (bicyclic) bond motifs is 1. The van der Waals surface area contributed by atoms with Gasteiger partial charge in [0.25, 0.3) is 0 Å². The fourth-order valence-corrected chi connectivity index (χ4v) is 3.16. The summed E-state index contributed by atoms with van der Waals surface area (Å²) in [6.45, 7) is 0.0388. The summed E-state index contributed by atoms with van der Waals surface area (Å²) in [5.74, 6) is -2.81. The van der Waals surface area contributed by atoms with E-state index < -0.39 is 24.9 Å². The number of alkyl halides is 3. The monoisotopic (exact) mass is 449 g/mol. The van der Waals surface area contributed by atoms with Gasteiger partial charge in [0, 0.05) is 18.5 Å². The Morgan fingerprint density at radius 3 is 2.25 bits per heavy atom. The molecule has 0 spiro atoms. The van der Waals surface area contributed by atoms with Crippen molar-refractivity contribution < 1.29 is 42.4 Å². The highest BCUT2D eigenvalue weighted by Gasteiger charge is 2.30. The minimum Gasteiger partial charge on any atom is -0.480 e. The van der Waals surface area contributed by atoms with Gasteiger partial charge in [0.2, 0.25) is 0 Å². The highest BCUT2D eigenvalue weighted by atomic mass is 19.4. The maximum atomic E-state index is 12.2. The Bertz CT molecular complexity index is 1130. The molecule has 0 saturated heterocycles. The van der Waals surface area contributed by atoms with Crippen LogP contribution in [0.2, 0.25) is 0 Å². The lowest BCUT2D eigenvalue weighted by Crippen LogP contribution is -2.17. The molecule has 7 nitrogen and oxygen atoms in total. The van der Waals surface area contributed by atoms with Crippen LogP contribution in [-0.2, 0) is 17.9 Å². The fourth-order valence-electron chi connectivity index (χ4n) is 3.16. The molecule has 168 valence electrons. The molecule has 0 radical (unpaired) electrons. The van der Waals surface area contributed by atoms with E-state index in [1.165, 1.54) is 30.3 Å². The van der Waals surface area contributed by atoms with Crippen molar-refractivity contribution in [3.8, 4) is 11.5 Å². The average Bonchev–Trinajstić information content (AvgIpc) is 2.72. The number of nitrogens with one attached hydrogen (secondary N) is 1. The van der Waals surface area contributed by atoms with Gasteiger partial charge < -0.3 is 25.0 Å². The van der Waals surface area contributed by atoms with Crippen molar-refractivity contribution in [2.75, 3.05) is 6.61 Å². The summed E-state index contributed by atoms with van der Waals surface area (Å²) in [6.07, 6.45) is -4.75. The van der Waals surface area contributed by atoms with Gasteiger partial charge in [-0.25, -0.2) is 9.59 Å². The van der Waals surface area contributed by atoms with Crippen LogP contribution in [0.15, 0.2) is 54.6 Å². The number of carboxylic acid groups (broad SMARTS) is 2. The van der Waals surface area contributed by atoms with Gasteiger partial charge in [0.05, 0.1) is 0 Å². The molecule has 0 bridgehead atoms. The number of aliphatic carboxylic acids is 1. The van der Waals surface area contributed by atoms with Crippen molar-refractivity contribution in [3.05, 3.63) is 71.3 Å². The number of halogens is 3. The number of carbonyl (C=O) groups is 2. The van der Waals surface area contributed by atoms with Crippen LogP contribution in [-0.4, -0.2) is 35.1 Å². The van der Waals surface area contributed by atoms with Crippen LogP contribution >= 0.6 is 0 Å². The number of benzene rings is 3. The second-order valence-corrected chi connectivity index (χ2v) is 6.74. The Morgan fingerprint density at radius 2 is 1.62 bits per heavy atom. The lowest BCUT2D eigenvalue weighted by molar-refractivity contribution is -0.274. The molecule has 0 aliphatic carbocycles. The third-order valence-corrected chi connectivity index (χ3v) is 4.47. The molecule has 0 heterocycles. The zero-order valence-corrected chi connectivity index (χ0v) is 16.5. The first-order valence-corrected chi connectivity index (χ1v) is 9.32. The standard InChI is InChI=1S/C22H18F3NO6/c23-22(24,25)32-15-6-4-13(5-7-15)10-26-11-14-2-1-3-17-16(14)8-9-18(21(29)30)20(17)31-12-19(27)28/h1-9,26H,10-12H2,(H,27,28)(H,29,30). The molecule has 3 rings (SSSR count). The van der Waals surface area contributed by atoms with E-state index in [4.69, 9.17) is 9.84 Å². The van der Waals surface area contributed by atoms with Crippen molar-refractivity contribution in [1.29, 1.82) is 0 Å². The predicted molar refractivity (Wildman–Crippen MR) is 108 cm³/mol. The maximum Gasteiger partial charge on any atom is 0.573 e. The van der Waals surface area contributed by atoms with Gasteiger partial charge in [-0.15, -0.1) is 13.2 Å². The van der Waals surface area contributed by atoms with Gasteiger partial charge in [-0.2, -0.15) is 0 Å². The topological polar surface area (TPSA) is 105 Å². The molecule has 0 aromatic heterocycles. The average molecular weight is 449 g/mol. The van der Waals surface area contributed by atoms with Crippen LogP contribution in [0.5, 0.6) is 11.5 Å². The quantitative estimate of drug-likeness (QED) is 0.450. The van der Waals surface area contributed by atoms with Crippen LogP contribution in [0.3, 0.4) is 0 Å². The molecule has 0 aliphatic rings. The van der Waals surface area contributed by atoms with Crippen molar-refractivity contribution in [2.45, 2.75) is 19.5 Å². The first-order chi connectivity index (χ1) is 15.1. The van der Waals surface area contributed by atoms with E-state index in [0.29, 0.717) is 23.9 Å². The molecular weight excluding hydrogens is 431 g/mol. The number of hydrogen-bond acceptors (Lipinski definition) is 5. The number of carboxylic acids is 2. The Labute approximate surface area is 180 Å². The van der Waals surface area contributed by atoms with Gasteiger partial charge in [-0.05, 0) is 34.7 Å². The zero-order valence-electron chi connectivity index (χ0n) is 16.5. The second-order valence-electron chi connectivity index (χ2n) is 6.74. The van der Waals surface area contributed by atoms with Crippen LogP contribution < -0.4 is 14.8 Å². The van der Waals surface area contributed by atoms with Gasteiger partial charge in [0.1, 0.15) is 17.1 Å². The molecular formula is C22H18F3NO6. The van der Waals surface area contributed by atoms with Crippen LogP contribution in [0.1, 0.15) is 21.5 Å². The number of ether oxygens (including phenoxy) is 2. The summed E-state index contributed by atoms with van der Waals surface area (Å²) in [6, 6.07) is 13.6. The summed E-state index contributed by atoms with van der Waals surface area (Å²) in [5.41, 5.74) is 1.39. The molecule has 3 aromatic rings. The van der Waals surface area contributed by atoms with Crippen molar-refractivity contribution >= 4 is 22.7 Å². The second kappa shape index (κ2) is 9.56. The summed E-state index contributed by atoms with van der Waals surface area (Å²) >= 11 is 0. The Morgan fingerprint density at radius 1 is 0.906 bits per heavy atom. The summed E-state index contributed by atoms with van der Waals surface area (Å²) in [7, 11) is 0. The smallest absolute Gasteiger partial charge is 0.480 e. The molecule has 0 fully saturated rings. The summed E-state index contributed by atoms with van der Waals surface area (Å²) in [5, 5.41) is 22.6. The van der Waals surface area contributed by atoms with Gasteiger partial charge >= 0.3 is 18.3 Å². The van der Waals surface area contributed by atoms with E-state index in [1.807, 2.05) is 6.07 Å². The van der Waals surface area contributed by atoms with Crippen molar-refractivity contribution in [2.24, 2.45) is 0 Å². The minimum absolute atomic E-state index is 0.0282. The lowest BCUT2D eigenvalue weighted by atomic mass is 10.0. The van der Waals surface area contributed by atoms with Gasteiger partial charge in [-0.1, -0.05) is 36.4 Å².